The molecule has 0 N–H and O–H groups in total. The quantitative estimate of drug-likeness (QED) is 0.848. The lowest BCUT2D eigenvalue weighted by molar-refractivity contribution is -0.132. The predicted molar refractivity (Wildman–Crippen MR) is 93.5 cm³/mol. The highest BCUT2D eigenvalue weighted by Crippen LogP contribution is 2.35. The third-order valence-electron chi connectivity index (χ3n) is 5.02. The van der Waals surface area contributed by atoms with Gasteiger partial charge in [0.2, 0.25) is 5.91 Å². The van der Waals surface area contributed by atoms with E-state index in [2.05, 4.69) is 21.9 Å². The smallest absolute Gasteiger partial charge is 0.223 e. The second-order valence-electron chi connectivity index (χ2n) is 6.63. The van der Waals surface area contributed by atoms with Crippen LogP contribution < -0.4 is 0 Å². The minimum absolute atomic E-state index is 0.195. The fraction of sp³-hybridized carbons (Fsp3) is 0.526. The van der Waals surface area contributed by atoms with E-state index in [1.807, 2.05) is 43.0 Å². The van der Waals surface area contributed by atoms with Crippen LogP contribution in [0.5, 0.6) is 0 Å². The number of aryl methyl sites for hydroxylation is 3. The van der Waals surface area contributed by atoms with Gasteiger partial charge in [0.15, 0.2) is 0 Å². The molecule has 0 spiro atoms. The number of carbonyl (C=O) groups is 1. The summed E-state index contributed by atoms with van der Waals surface area (Å²) in [6.45, 7) is 5.00. The second kappa shape index (κ2) is 7.16. The SMILES string of the molecule is Cc1nn(C)c(C)c1[C@H]1CCCN1C(=O)CCCc1ccccn1. The molecule has 0 aliphatic carbocycles. The van der Waals surface area contributed by atoms with Crippen molar-refractivity contribution in [3.63, 3.8) is 0 Å². The monoisotopic (exact) mass is 326 g/mol. The zero-order valence-corrected chi connectivity index (χ0v) is 14.8. The molecule has 0 saturated carbocycles. The topological polar surface area (TPSA) is 51.0 Å². The van der Waals surface area contributed by atoms with Gasteiger partial charge in [-0.25, -0.2) is 0 Å². The van der Waals surface area contributed by atoms with Gasteiger partial charge in [-0.3, -0.25) is 14.5 Å². The molecule has 3 heterocycles. The third kappa shape index (κ3) is 3.35. The maximum absolute atomic E-state index is 12.7. The van der Waals surface area contributed by atoms with E-state index >= 15 is 0 Å². The number of aromatic nitrogens is 3. The zero-order chi connectivity index (χ0) is 17.1. The molecule has 2 aromatic heterocycles. The van der Waals surface area contributed by atoms with Crippen LogP contribution in [0.25, 0.3) is 0 Å². The Morgan fingerprint density at radius 3 is 2.83 bits per heavy atom. The summed E-state index contributed by atoms with van der Waals surface area (Å²) in [7, 11) is 1.97. The summed E-state index contributed by atoms with van der Waals surface area (Å²) in [6.07, 6.45) is 6.22. The highest BCUT2D eigenvalue weighted by Gasteiger charge is 2.32. The summed E-state index contributed by atoms with van der Waals surface area (Å²) in [5, 5.41) is 4.52. The molecule has 0 unspecified atom stereocenters. The lowest BCUT2D eigenvalue weighted by atomic mass is 10.0. The summed E-state index contributed by atoms with van der Waals surface area (Å²) in [5.41, 5.74) is 4.52. The normalized spacial score (nSPS) is 17.5. The van der Waals surface area contributed by atoms with Crippen LogP contribution in [0.15, 0.2) is 24.4 Å². The van der Waals surface area contributed by atoms with Gasteiger partial charge in [-0.05, 0) is 51.7 Å². The van der Waals surface area contributed by atoms with E-state index in [9.17, 15) is 4.79 Å². The van der Waals surface area contributed by atoms with E-state index in [1.165, 1.54) is 11.3 Å². The highest BCUT2D eigenvalue weighted by molar-refractivity contribution is 5.77. The molecular formula is C19H26N4O. The third-order valence-corrected chi connectivity index (χ3v) is 5.02. The van der Waals surface area contributed by atoms with Crippen LogP contribution in [0.2, 0.25) is 0 Å². The van der Waals surface area contributed by atoms with E-state index in [1.54, 1.807) is 0 Å². The first-order chi connectivity index (χ1) is 11.6. The number of likely N-dealkylation sites (tertiary alicyclic amines) is 1. The molecular weight excluding hydrogens is 300 g/mol. The molecule has 5 heteroatoms. The number of pyridine rings is 1. The van der Waals surface area contributed by atoms with Gasteiger partial charge in [-0.15, -0.1) is 0 Å². The van der Waals surface area contributed by atoms with Crippen molar-refractivity contribution < 1.29 is 4.79 Å². The minimum Gasteiger partial charge on any atom is -0.336 e. The number of hydrogen-bond acceptors (Lipinski definition) is 3. The van der Waals surface area contributed by atoms with E-state index in [0.717, 1.165) is 43.6 Å². The largest absolute Gasteiger partial charge is 0.336 e. The Morgan fingerprint density at radius 2 is 2.17 bits per heavy atom. The molecule has 0 bridgehead atoms. The van der Waals surface area contributed by atoms with Crippen LogP contribution in [-0.2, 0) is 18.3 Å². The second-order valence-corrected chi connectivity index (χ2v) is 6.63. The van der Waals surface area contributed by atoms with Crippen LogP contribution in [0.1, 0.15) is 54.4 Å². The van der Waals surface area contributed by atoms with Crippen LogP contribution in [0.3, 0.4) is 0 Å². The summed E-state index contributed by atoms with van der Waals surface area (Å²) in [4.78, 5) is 19.1. The summed E-state index contributed by atoms with van der Waals surface area (Å²) >= 11 is 0. The molecule has 0 radical (unpaired) electrons. The van der Waals surface area contributed by atoms with Gasteiger partial charge in [-0.2, -0.15) is 5.10 Å². The Hall–Kier alpha value is -2.17. The first-order valence-electron chi connectivity index (χ1n) is 8.77. The number of rotatable bonds is 5. The Bertz CT molecular complexity index is 708. The van der Waals surface area contributed by atoms with Crippen molar-refractivity contribution in [1.82, 2.24) is 19.7 Å². The van der Waals surface area contributed by atoms with Gasteiger partial charge in [0, 0.05) is 43.2 Å². The molecule has 1 aliphatic rings. The van der Waals surface area contributed by atoms with Crippen LogP contribution in [0, 0.1) is 13.8 Å². The number of nitrogens with zero attached hydrogens (tertiary/aromatic N) is 4. The van der Waals surface area contributed by atoms with Crippen LogP contribution in [-0.4, -0.2) is 32.1 Å². The average Bonchev–Trinajstić information content (AvgIpc) is 3.13. The molecule has 2 aromatic rings. The zero-order valence-electron chi connectivity index (χ0n) is 14.8. The first kappa shape index (κ1) is 16.7. The molecule has 1 fully saturated rings. The molecule has 5 nitrogen and oxygen atoms in total. The minimum atomic E-state index is 0.195. The fourth-order valence-electron chi connectivity index (χ4n) is 3.75. The van der Waals surface area contributed by atoms with Gasteiger partial charge >= 0.3 is 0 Å². The van der Waals surface area contributed by atoms with Crippen LogP contribution >= 0.6 is 0 Å². The van der Waals surface area contributed by atoms with Crippen molar-refractivity contribution in [2.45, 2.75) is 52.0 Å². The van der Waals surface area contributed by atoms with E-state index in [4.69, 9.17) is 0 Å². The molecule has 1 atom stereocenters. The molecule has 1 aliphatic heterocycles. The lowest BCUT2D eigenvalue weighted by Gasteiger charge is -2.25. The standard InChI is InChI=1S/C19H26N4O/c1-14-19(15(2)22(3)21-14)17-10-7-13-23(17)18(24)11-6-9-16-8-4-5-12-20-16/h4-5,8,12,17H,6-7,9-11,13H2,1-3H3/t17-/m1/s1. The van der Waals surface area contributed by atoms with Crippen LogP contribution in [0.4, 0.5) is 0 Å². The Kier molecular flexibility index (Phi) is 4.97. The van der Waals surface area contributed by atoms with Gasteiger partial charge < -0.3 is 4.90 Å². The highest BCUT2D eigenvalue weighted by atomic mass is 16.2. The van der Waals surface area contributed by atoms with Crippen molar-refractivity contribution >= 4 is 5.91 Å². The van der Waals surface area contributed by atoms with E-state index in [0.29, 0.717) is 6.42 Å². The molecule has 3 rings (SSSR count). The summed E-state index contributed by atoms with van der Waals surface area (Å²) in [5.74, 6) is 0.260. The molecule has 0 aromatic carbocycles. The number of carbonyl (C=O) groups excluding carboxylic acids is 1. The molecule has 1 saturated heterocycles. The van der Waals surface area contributed by atoms with E-state index in [-0.39, 0.29) is 11.9 Å². The van der Waals surface area contributed by atoms with Gasteiger partial charge in [0.1, 0.15) is 0 Å². The van der Waals surface area contributed by atoms with Crippen molar-refractivity contribution in [3.8, 4) is 0 Å². The van der Waals surface area contributed by atoms with E-state index < -0.39 is 0 Å². The van der Waals surface area contributed by atoms with Gasteiger partial charge in [-0.1, -0.05) is 6.07 Å². The first-order valence-corrected chi connectivity index (χ1v) is 8.77. The summed E-state index contributed by atoms with van der Waals surface area (Å²) < 4.78 is 1.92. The average molecular weight is 326 g/mol. The molecule has 1 amide bonds. The van der Waals surface area contributed by atoms with Crippen molar-refractivity contribution in [2.24, 2.45) is 7.05 Å². The number of amides is 1. The molecule has 128 valence electrons. The Labute approximate surface area is 143 Å². The number of hydrogen-bond donors (Lipinski definition) is 0. The summed E-state index contributed by atoms with van der Waals surface area (Å²) in [6, 6.07) is 6.13. The Morgan fingerprint density at radius 1 is 1.33 bits per heavy atom. The maximum Gasteiger partial charge on any atom is 0.223 e. The van der Waals surface area contributed by atoms with Crippen molar-refractivity contribution in [1.29, 1.82) is 0 Å². The lowest BCUT2D eigenvalue weighted by Crippen LogP contribution is -2.31. The van der Waals surface area contributed by atoms with Gasteiger partial charge in [0.25, 0.3) is 0 Å². The Balaban J connectivity index is 1.63. The van der Waals surface area contributed by atoms with Crippen molar-refractivity contribution in [2.75, 3.05) is 6.54 Å². The fourth-order valence-corrected chi connectivity index (χ4v) is 3.75. The predicted octanol–water partition coefficient (Wildman–Crippen LogP) is 3.12. The molecule has 24 heavy (non-hydrogen) atoms. The maximum atomic E-state index is 12.7. The van der Waals surface area contributed by atoms with Crippen molar-refractivity contribution in [3.05, 3.63) is 47.0 Å². The van der Waals surface area contributed by atoms with Gasteiger partial charge in [0.05, 0.1) is 11.7 Å².